The van der Waals surface area contributed by atoms with Gasteiger partial charge in [-0.15, -0.1) is 11.3 Å². The van der Waals surface area contributed by atoms with Gasteiger partial charge in [0.15, 0.2) is 0 Å². The molecule has 0 aliphatic rings. The molecule has 0 aliphatic heterocycles. The van der Waals surface area contributed by atoms with Crippen LogP contribution in [0.25, 0.3) is 0 Å². The van der Waals surface area contributed by atoms with Crippen molar-refractivity contribution in [2.24, 2.45) is 0 Å². The van der Waals surface area contributed by atoms with Gasteiger partial charge in [0.05, 0.1) is 11.3 Å². The molecule has 5 nitrogen and oxygen atoms in total. The first-order valence-electron chi connectivity index (χ1n) is 5.09. The highest BCUT2D eigenvalue weighted by Crippen LogP contribution is 2.26. The Morgan fingerprint density at radius 2 is 2.05 bits per heavy atom. The second-order valence-electron chi connectivity index (χ2n) is 3.69. The van der Waals surface area contributed by atoms with Crippen LogP contribution in [0.4, 0.5) is 10.1 Å². The fourth-order valence-corrected chi connectivity index (χ4v) is 3.91. The molecule has 0 bridgehead atoms. The van der Waals surface area contributed by atoms with E-state index in [1.54, 1.807) is 0 Å². The van der Waals surface area contributed by atoms with Gasteiger partial charge in [-0.3, -0.25) is 4.72 Å². The normalized spacial score (nSPS) is 11.3. The molecule has 2 rings (SSSR count). The van der Waals surface area contributed by atoms with Crippen LogP contribution in [0.1, 0.15) is 10.4 Å². The van der Waals surface area contributed by atoms with Gasteiger partial charge >= 0.3 is 5.97 Å². The van der Waals surface area contributed by atoms with Gasteiger partial charge in [-0.2, -0.15) is 0 Å². The Hall–Kier alpha value is -1.45. The Kier molecular flexibility index (Phi) is 4.11. The largest absolute Gasteiger partial charge is 0.478 e. The molecule has 9 heteroatoms. The van der Waals surface area contributed by atoms with Crippen LogP contribution in [0.2, 0.25) is 0 Å². The SMILES string of the molecule is O=C(O)c1csc(S(=O)(=O)Nc2cc(Br)ccc2F)c1. The number of nitrogens with one attached hydrogen (secondary N) is 1. The van der Waals surface area contributed by atoms with Crippen LogP contribution in [0.15, 0.2) is 38.3 Å². The average Bonchev–Trinajstić information content (AvgIpc) is 2.84. The number of anilines is 1. The summed E-state index contributed by atoms with van der Waals surface area (Å²) in [7, 11) is -4.02. The number of hydrogen-bond acceptors (Lipinski definition) is 4. The monoisotopic (exact) mass is 379 g/mol. The van der Waals surface area contributed by atoms with Gasteiger partial charge in [-0.05, 0) is 24.3 Å². The quantitative estimate of drug-likeness (QED) is 0.854. The molecule has 0 spiro atoms. The highest BCUT2D eigenvalue weighted by molar-refractivity contribution is 9.10. The highest BCUT2D eigenvalue weighted by atomic mass is 79.9. The number of carboxylic acids is 1. The van der Waals surface area contributed by atoms with Gasteiger partial charge in [0, 0.05) is 9.85 Å². The molecule has 2 aromatic rings. The van der Waals surface area contributed by atoms with Crippen molar-refractivity contribution >= 4 is 48.9 Å². The number of hydrogen-bond donors (Lipinski definition) is 2. The molecule has 0 amide bonds. The maximum absolute atomic E-state index is 13.5. The fourth-order valence-electron chi connectivity index (χ4n) is 1.34. The van der Waals surface area contributed by atoms with E-state index in [9.17, 15) is 17.6 Å². The summed E-state index contributed by atoms with van der Waals surface area (Å²) in [6.07, 6.45) is 0. The third-order valence-corrected chi connectivity index (χ3v) is 5.56. The first-order valence-corrected chi connectivity index (χ1v) is 8.25. The zero-order valence-corrected chi connectivity index (χ0v) is 12.9. The van der Waals surface area contributed by atoms with Crippen molar-refractivity contribution in [2.45, 2.75) is 4.21 Å². The van der Waals surface area contributed by atoms with Gasteiger partial charge in [-0.25, -0.2) is 17.6 Å². The summed E-state index contributed by atoms with van der Waals surface area (Å²) in [6.45, 7) is 0. The standard InChI is InChI=1S/C11H7BrFNO4S2/c12-7-1-2-8(13)9(4-7)14-20(17,18)10-3-6(5-19-10)11(15)16/h1-5,14H,(H,15,16). The molecular formula is C11H7BrFNO4S2. The Morgan fingerprint density at radius 3 is 2.65 bits per heavy atom. The summed E-state index contributed by atoms with van der Waals surface area (Å²) < 4.78 is 40.0. The number of carboxylic acid groups (broad SMARTS) is 1. The molecule has 0 saturated heterocycles. The van der Waals surface area contributed by atoms with Crippen molar-refractivity contribution in [1.29, 1.82) is 0 Å². The summed E-state index contributed by atoms with van der Waals surface area (Å²) in [4.78, 5) is 10.7. The molecule has 1 heterocycles. The lowest BCUT2D eigenvalue weighted by molar-refractivity contribution is 0.0697. The lowest BCUT2D eigenvalue weighted by Crippen LogP contribution is -2.12. The van der Waals surface area contributed by atoms with Crippen LogP contribution >= 0.6 is 27.3 Å². The van der Waals surface area contributed by atoms with E-state index in [2.05, 4.69) is 20.7 Å². The summed E-state index contributed by atoms with van der Waals surface area (Å²) in [5, 5.41) is 9.96. The van der Waals surface area contributed by atoms with E-state index in [1.165, 1.54) is 17.5 Å². The van der Waals surface area contributed by atoms with Crippen LogP contribution in [0.3, 0.4) is 0 Å². The third kappa shape index (κ3) is 3.17. The molecule has 1 aromatic carbocycles. The van der Waals surface area contributed by atoms with Crippen molar-refractivity contribution in [1.82, 2.24) is 0 Å². The first kappa shape index (κ1) is 14.9. The predicted molar refractivity (Wildman–Crippen MR) is 76.2 cm³/mol. The molecule has 106 valence electrons. The van der Waals surface area contributed by atoms with Crippen LogP contribution in [-0.4, -0.2) is 19.5 Å². The van der Waals surface area contributed by atoms with Crippen LogP contribution < -0.4 is 4.72 Å². The predicted octanol–water partition coefficient (Wildman–Crippen LogP) is 3.15. The van der Waals surface area contributed by atoms with Crippen molar-refractivity contribution in [3.05, 3.63) is 45.5 Å². The van der Waals surface area contributed by atoms with Crippen molar-refractivity contribution in [2.75, 3.05) is 4.72 Å². The molecule has 2 N–H and O–H groups in total. The van der Waals surface area contributed by atoms with Gasteiger partial charge in [0.1, 0.15) is 10.0 Å². The number of thiophene rings is 1. The highest BCUT2D eigenvalue weighted by Gasteiger charge is 2.20. The number of aromatic carboxylic acids is 1. The molecule has 0 fully saturated rings. The lowest BCUT2D eigenvalue weighted by atomic mass is 10.3. The Morgan fingerprint density at radius 1 is 1.35 bits per heavy atom. The van der Waals surface area contributed by atoms with E-state index < -0.39 is 21.8 Å². The van der Waals surface area contributed by atoms with E-state index >= 15 is 0 Å². The average molecular weight is 380 g/mol. The molecule has 0 aliphatic carbocycles. The molecule has 0 radical (unpaired) electrons. The van der Waals surface area contributed by atoms with Gasteiger partial charge in [-0.1, -0.05) is 15.9 Å². The molecule has 0 unspecified atom stereocenters. The van der Waals surface area contributed by atoms with Crippen LogP contribution in [0.5, 0.6) is 0 Å². The maximum atomic E-state index is 13.5. The van der Waals surface area contributed by atoms with Gasteiger partial charge in [0.25, 0.3) is 10.0 Å². The zero-order valence-electron chi connectivity index (χ0n) is 9.63. The summed E-state index contributed by atoms with van der Waals surface area (Å²) in [5.74, 6) is -1.96. The molecule has 0 saturated carbocycles. The fraction of sp³-hybridized carbons (Fsp3) is 0. The van der Waals surface area contributed by atoms with E-state index in [0.717, 1.165) is 23.5 Å². The minimum Gasteiger partial charge on any atom is -0.478 e. The maximum Gasteiger partial charge on any atom is 0.336 e. The third-order valence-electron chi connectivity index (χ3n) is 2.26. The second kappa shape index (κ2) is 5.51. The molecule has 1 aromatic heterocycles. The Labute approximate surface area is 126 Å². The first-order chi connectivity index (χ1) is 9.29. The van der Waals surface area contributed by atoms with Crippen LogP contribution in [-0.2, 0) is 10.0 Å². The second-order valence-corrected chi connectivity index (χ2v) is 7.43. The van der Waals surface area contributed by atoms with Crippen LogP contribution in [0, 0.1) is 5.82 Å². The topological polar surface area (TPSA) is 83.5 Å². The number of benzene rings is 1. The zero-order chi connectivity index (χ0) is 14.9. The van der Waals surface area contributed by atoms with E-state index in [1.807, 2.05) is 0 Å². The minimum atomic E-state index is -4.02. The minimum absolute atomic E-state index is 0.134. The number of carbonyl (C=O) groups is 1. The number of rotatable bonds is 4. The van der Waals surface area contributed by atoms with Gasteiger partial charge < -0.3 is 5.11 Å². The van der Waals surface area contributed by atoms with Crippen molar-refractivity contribution < 1.29 is 22.7 Å². The van der Waals surface area contributed by atoms with E-state index in [-0.39, 0.29) is 15.5 Å². The smallest absolute Gasteiger partial charge is 0.336 e. The van der Waals surface area contributed by atoms with Crippen molar-refractivity contribution in [3.63, 3.8) is 0 Å². The molecule has 0 atom stereocenters. The molecular weight excluding hydrogens is 373 g/mol. The van der Waals surface area contributed by atoms with Gasteiger partial charge in [0.2, 0.25) is 0 Å². The van der Waals surface area contributed by atoms with E-state index in [4.69, 9.17) is 5.11 Å². The lowest BCUT2D eigenvalue weighted by Gasteiger charge is -2.07. The van der Waals surface area contributed by atoms with E-state index in [0.29, 0.717) is 4.47 Å². The van der Waals surface area contributed by atoms with Crippen molar-refractivity contribution in [3.8, 4) is 0 Å². The summed E-state index contributed by atoms with van der Waals surface area (Å²) in [6, 6.07) is 4.84. The Balaban J connectivity index is 2.35. The summed E-state index contributed by atoms with van der Waals surface area (Å²) >= 11 is 3.86. The number of sulfonamides is 1. The Bertz CT molecular complexity index is 772. The number of halogens is 2. The summed E-state index contributed by atoms with van der Waals surface area (Å²) in [5.41, 5.74) is -0.352. The molecule has 20 heavy (non-hydrogen) atoms.